The minimum absolute atomic E-state index is 1.13. The van der Waals surface area contributed by atoms with Gasteiger partial charge >= 0.3 is 0 Å². The smallest absolute Gasteiger partial charge is 0.0397 e. The highest BCUT2D eigenvalue weighted by Gasteiger charge is 2.09. The van der Waals surface area contributed by atoms with Crippen LogP contribution in [-0.2, 0) is 0 Å². The van der Waals surface area contributed by atoms with Gasteiger partial charge in [0, 0.05) is 25.0 Å². The molecule has 0 atom stereocenters. The van der Waals surface area contributed by atoms with Gasteiger partial charge in [-0.3, -0.25) is 0 Å². The van der Waals surface area contributed by atoms with Gasteiger partial charge in [0.25, 0.3) is 0 Å². The molecule has 2 heteroatoms. The van der Waals surface area contributed by atoms with E-state index in [9.17, 15) is 0 Å². The van der Waals surface area contributed by atoms with E-state index >= 15 is 0 Å². The van der Waals surface area contributed by atoms with Gasteiger partial charge in [0.15, 0.2) is 0 Å². The van der Waals surface area contributed by atoms with Crippen molar-refractivity contribution in [2.75, 3.05) is 0 Å². The summed E-state index contributed by atoms with van der Waals surface area (Å²) in [6, 6.07) is 11.1. The van der Waals surface area contributed by atoms with E-state index in [1.165, 1.54) is 31.3 Å². The van der Waals surface area contributed by atoms with Gasteiger partial charge in [0.05, 0.1) is 0 Å². The fourth-order valence-corrected chi connectivity index (χ4v) is 4.72. The van der Waals surface area contributed by atoms with Gasteiger partial charge in [0.2, 0.25) is 0 Å². The van der Waals surface area contributed by atoms with Crippen molar-refractivity contribution in [1.29, 1.82) is 0 Å². The summed E-state index contributed by atoms with van der Waals surface area (Å²) in [7, 11) is 1.13. The van der Waals surface area contributed by atoms with Gasteiger partial charge in [-0.2, -0.15) is 0 Å². The third-order valence-electron chi connectivity index (χ3n) is 3.50. The molecule has 0 nitrogen and oxygen atoms in total. The Bertz CT molecular complexity index is 695. The number of hydrogen-bond acceptors (Lipinski definition) is 1. The highest BCUT2D eigenvalue weighted by molar-refractivity contribution is 7.26. The van der Waals surface area contributed by atoms with Crippen LogP contribution in [0.15, 0.2) is 30.3 Å². The number of hydrogen-bond donors (Lipinski definition) is 0. The summed E-state index contributed by atoms with van der Waals surface area (Å²) in [6.07, 6.45) is 0. The second-order valence-electron chi connectivity index (χ2n) is 4.41. The van der Waals surface area contributed by atoms with Crippen LogP contribution in [0.2, 0.25) is 0 Å². The van der Waals surface area contributed by atoms with Crippen molar-refractivity contribution in [3.05, 3.63) is 41.5 Å². The number of aryl methyl sites for hydroxylation is 1. The third kappa shape index (κ3) is 1.27. The SMILES string of the molecule is Cc1cc2sc3ccccc3c2c([SiH3])c1C. The first kappa shape index (κ1) is 10.1. The summed E-state index contributed by atoms with van der Waals surface area (Å²) in [4.78, 5) is 0. The van der Waals surface area contributed by atoms with Crippen LogP contribution in [0.4, 0.5) is 0 Å². The predicted octanol–water partition coefficient (Wildman–Crippen LogP) is 2.66. The molecule has 0 amide bonds. The van der Waals surface area contributed by atoms with Crippen molar-refractivity contribution >= 4 is 46.9 Å². The quantitative estimate of drug-likeness (QED) is 0.532. The monoisotopic (exact) mass is 242 g/mol. The second kappa shape index (κ2) is 3.44. The summed E-state index contributed by atoms with van der Waals surface area (Å²) >= 11 is 1.92. The Hall–Kier alpha value is -1.12. The van der Waals surface area contributed by atoms with Crippen LogP contribution in [0, 0.1) is 13.8 Å². The Morgan fingerprint density at radius 3 is 2.62 bits per heavy atom. The Kier molecular flexibility index (Phi) is 2.16. The second-order valence-corrected chi connectivity index (χ2v) is 6.50. The molecule has 0 bridgehead atoms. The molecule has 0 spiro atoms. The van der Waals surface area contributed by atoms with Crippen LogP contribution < -0.4 is 5.19 Å². The molecule has 3 aromatic rings. The molecule has 0 N–H and O–H groups in total. The molecule has 0 aliphatic heterocycles. The van der Waals surface area contributed by atoms with Crippen molar-refractivity contribution in [3.63, 3.8) is 0 Å². The van der Waals surface area contributed by atoms with E-state index in [1.807, 2.05) is 11.3 Å². The zero-order valence-electron chi connectivity index (χ0n) is 9.79. The summed E-state index contributed by atoms with van der Waals surface area (Å²) in [5, 5.41) is 4.53. The minimum atomic E-state index is 1.13. The van der Waals surface area contributed by atoms with Gasteiger partial charge in [-0.05, 0) is 42.5 Å². The predicted molar refractivity (Wildman–Crippen MR) is 78.4 cm³/mol. The molecule has 0 saturated carbocycles. The van der Waals surface area contributed by atoms with E-state index in [1.54, 1.807) is 5.19 Å². The molecule has 0 aliphatic carbocycles. The minimum Gasteiger partial charge on any atom is -0.135 e. The van der Waals surface area contributed by atoms with Crippen molar-refractivity contribution in [2.24, 2.45) is 0 Å². The van der Waals surface area contributed by atoms with Crippen molar-refractivity contribution < 1.29 is 0 Å². The number of rotatable bonds is 0. The maximum Gasteiger partial charge on any atom is 0.0397 e. The molecule has 0 unspecified atom stereocenters. The maximum atomic E-state index is 2.34. The largest absolute Gasteiger partial charge is 0.135 e. The summed E-state index contributed by atoms with van der Waals surface area (Å²) in [6.45, 7) is 4.48. The molecule has 0 saturated heterocycles. The average Bonchev–Trinajstić information content (AvgIpc) is 2.64. The first-order valence-electron chi connectivity index (χ1n) is 5.56. The van der Waals surface area contributed by atoms with Crippen LogP contribution >= 0.6 is 11.3 Å². The van der Waals surface area contributed by atoms with Gasteiger partial charge in [-0.1, -0.05) is 23.4 Å². The van der Waals surface area contributed by atoms with Gasteiger partial charge in [-0.15, -0.1) is 11.3 Å². The standard InChI is InChI=1S/C14H14SSi/c1-8-7-12-13(14(16)9(8)2)10-5-3-4-6-11(10)15-12/h3-7H,1-2,16H3. The van der Waals surface area contributed by atoms with E-state index in [4.69, 9.17) is 0 Å². The molecule has 0 fully saturated rings. The summed E-state index contributed by atoms with van der Waals surface area (Å²) in [5.74, 6) is 0. The van der Waals surface area contributed by atoms with E-state index in [0.29, 0.717) is 0 Å². The summed E-state index contributed by atoms with van der Waals surface area (Å²) < 4.78 is 2.87. The van der Waals surface area contributed by atoms with Crippen LogP contribution in [0.1, 0.15) is 11.1 Å². The lowest BCUT2D eigenvalue weighted by Gasteiger charge is -2.06. The van der Waals surface area contributed by atoms with Crippen molar-refractivity contribution in [2.45, 2.75) is 13.8 Å². The Labute approximate surface area is 102 Å². The molecular formula is C14H14SSi. The first-order chi connectivity index (χ1) is 7.68. The third-order valence-corrected chi connectivity index (χ3v) is 5.87. The van der Waals surface area contributed by atoms with Crippen LogP contribution in [0.5, 0.6) is 0 Å². The Morgan fingerprint density at radius 1 is 1.06 bits per heavy atom. The van der Waals surface area contributed by atoms with E-state index < -0.39 is 0 Å². The topological polar surface area (TPSA) is 0 Å². The highest BCUT2D eigenvalue weighted by Crippen LogP contribution is 2.33. The Morgan fingerprint density at radius 2 is 1.81 bits per heavy atom. The lowest BCUT2D eigenvalue weighted by atomic mass is 10.1. The van der Waals surface area contributed by atoms with Gasteiger partial charge in [-0.25, -0.2) is 0 Å². The summed E-state index contributed by atoms with van der Waals surface area (Å²) in [5.41, 5.74) is 2.92. The zero-order chi connectivity index (χ0) is 11.3. The van der Waals surface area contributed by atoms with Crippen molar-refractivity contribution in [3.8, 4) is 0 Å². The molecule has 16 heavy (non-hydrogen) atoms. The maximum absolute atomic E-state index is 2.34. The van der Waals surface area contributed by atoms with Crippen LogP contribution in [0.25, 0.3) is 20.2 Å². The molecule has 2 aromatic carbocycles. The van der Waals surface area contributed by atoms with Gasteiger partial charge in [0.1, 0.15) is 0 Å². The zero-order valence-corrected chi connectivity index (χ0v) is 12.6. The Balaban J connectivity index is 2.62. The van der Waals surface area contributed by atoms with Crippen LogP contribution in [-0.4, -0.2) is 10.2 Å². The lowest BCUT2D eigenvalue weighted by molar-refractivity contribution is 1.39. The fraction of sp³-hybridized carbons (Fsp3) is 0.143. The molecular weight excluding hydrogens is 228 g/mol. The van der Waals surface area contributed by atoms with Crippen LogP contribution in [0.3, 0.4) is 0 Å². The molecule has 0 radical (unpaired) electrons. The number of benzene rings is 2. The molecule has 1 heterocycles. The van der Waals surface area contributed by atoms with Gasteiger partial charge < -0.3 is 0 Å². The molecule has 0 aliphatic rings. The first-order valence-corrected chi connectivity index (χ1v) is 7.38. The number of fused-ring (bicyclic) bond motifs is 3. The van der Waals surface area contributed by atoms with E-state index in [2.05, 4.69) is 44.2 Å². The normalized spacial score (nSPS) is 11.6. The number of thiophene rings is 1. The van der Waals surface area contributed by atoms with E-state index in [0.717, 1.165) is 10.2 Å². The van der Waals surface area contributed by atoms with Crippen molar-refractivity contribution in [1.82, 2.24) is 0 Å². The molecule has 80 valence electrons. The molecule has 1 aromatic heterocycles. The lowest BCUT2D eigenvalue weighted by Crippen LogP contribution is -2.09. The van der Waals surface area contributed by atoms with E-state index in [-0.39, 0.29) is 0 Å². The molecule has 3 rings (SSSR count). The fourth-order valence-electron chi connectivity index (χ4n) is 2.34. The highest BCUT2D eigenvalue weighted by atomic mass is 32.1. The average molecular weight is 242 g/mol.